The molecular weight excluding hydrogens is 390 g/mol. The molecule has 30 heavy (non-hydrogen) atoms. The lowest BCUT2D eigenvalue weighted by Gasteiger charge is -2.37. The van der Waals surface area contributed by atoms with Gasteiger partial charge in [0.15, 0.2) is 0 Å². The molecule has 0 saturated heterocycles. The zero-order valence-electron chi connectivity index (χ0n) is 19.4. The number of anilines is 1. The second-order valence-corrected chi connectivity index (χ2v) is 8.54. The third-order valence-corrected chi connectivity index (χ3v) is 6.22. The number of pyridine rings is 1. The van der Waals surface area contributed by atoms with Crippen LogP contribution in [-0.4, -0.2) is 22.1 Å². The Labute approximate surface area is 187 Å². The first kappa shape index (κ1) is 22.7. The van der Waals surface area contributed by atoms with Crippen LogP contribution < -0.4 is 4.90 Å². The maximum absolute atomic E-state index is 6.61. The first-order chi connectivity index (χ1) is 14.5. The van der Waals surface area contributed by atoms with E-state index in [1.165, 1.54) is 47.9 Å². The second-order valence-electron chi connectivity index (χ2n) is 8.14. The van der Waals surface area contributed by atoms with Crippen molar-refractivity contribution in [3.8, 4) is 5.69 Å². The lowest BCUT2D eigenvalue weighted by atomic mass is 9.98. The summed E-state index contributed by atoms with van der Waals surface area (Å²) >= 11 is 6.61. The first-order valence-corrected chi connectivity index (χ1v) is 12.0. The molecule has 3 aromatic rings. The van der Waals surface area contributed by atoms with Gasteiger partial charge in [-0.05, 0) is 62.4 Å². The van der Waals surface area contributed by atoms with Crippen LogP contribution in [0.3, 0.4) is 0 Å². The van der Waals surface area contributed by atoms with Crippen LogP contribution in [-0.2, 0) is 6.42 Å². The van der Waals surface area contributed by atoms with Crippen LogP contribution in [0, 0.1) is 13.8 Å². The Kier molecular flexibility index (Phi) is 7.46. The highest BCUT2D eigenvalue weighted by Crippen LogP contribution is 2.39. The normalized spacial score (nSPS) is 13.0. The van der Waals surface area contributed by atoms with E-state index in [4.69, 9.17) is 16.6 Å². The highest BCUT2D eigenvalue weighted by atomic mass is 35.5. The fourth-order valence-corrected chi connectivity index (χ4v) is 5.00. The number of aryl methyl sites for hydroxylation is 2. The van der Waals surface area contributed by atoms with Crippen molar-refractivity contribution in [3.05, 3.63) is 52.3 Å². The van der Waals surface area contributed by atoms with Crippen LogP contribution in [0.25, 0.3) is 16.7 Å². The minimum Gasteiger partial charge on any atom is -0.368 e. The molecular formula is C26H36ClN3. The standard InChI is InChI=1S/C24H30ClN3.C2H6/c1-5-7-19(8-6-2)27-12-11-18-15-28(21-10-9-16(3)13-20(21)25)24-23(18)22(27)14-17(4)26-24;1-2/h9-10,13-15,19H,5-8,11-12H2,1-4H3;1-2H3. The number of rotatable bonds is 6. The summed E-state index contributed by atoms with van der Waals surface area (Å²) in [6.07, 6.45) is 8.26. The Hall–Kier alpha value is -2.00. The third kappa shape index (κ3) is 4.23. The van der Waals surface area contributed by atoms with Gasteiger partial charge in [0.05, 0.1) is 16.4 Å². The second kappa shape index (κ2) is 9.87. The van der Waals surface area contributed by atoms with Gasteiger partial charge in [0.25, 0.3) is 0 Å². The van der Waals surface area contributed by atoms with Crippen LogP contribution in [0.2, 0.25) is 5.02 Å². The Balaban J connectivity index is 0.00000124. The molecule has 1 aliphatic rings. The van der Waals surface area contributed by atoms with Gasteiger partial charge in [-0.15, -0.1) is 0 Å². The molecule has 0 N–H and O–H groups in total. The fourth-order valence-electron chi connectivity index (χ4n) is 4.67. The fraction of sp³-hybridized carbons (Fsp3) is 0.500. The molecule has 0 aliphatic carbocycles. The summed E-state index contributed by atoms with van der Waals surface area (Å²) in [5.41, 5.74) is 7.03. The van der Waals surface area contributed by atoms with Crippen LogP contribution in [0.5, 0.6) is 0 Å². The number of nitrogens with zero attached hydrogens (tertiary/aromatic N) is 3. The van der Waals surface area contributed by atoms with Gasteiger partial charge < -0.3 is 4.90 Å². The molecule has 3 nitrogen and oxygen atoms in total. The molecule has 0 fully saturated rings. The Bertz CT molecular complexity index is 999. The molecule has 0 amide bonds. The van der Waals surface area contributed by atoms with Crippen LogP contribution >= 0.6 is 11.6 Å². The minimum absolute atomic E-state index is 0.611. The van der Waals surface area contributed by atoms with E-state index in [-0.39, 0.29) is 0 Å². The van der Waals surface area contributed by atoms with Crippen molar-refractivity contribution < 1.29 is 0 Å². The maximum Gasteiger partial charge on any atom is 0.147 e. The monoisotopic (exact) mass is 425 g/mol. The number of halogens is 1. The van der Waals surface area contributed by atoms with E-state index in [1.54, 1.807) is 0 Å². The van der Waals surface area contributed by atoms with Gasteiger partial charge in [-0.25, -0.2) is 4.98 Å². The van der Waals surface area contributed by atoms with Crippen molar-refractivity contribution >= 4 is 28.3 Å². The summed E-state index contributed by atoms with van der Waals surface area (Å²) in [5, 5.41) is 2.09. The smallest absolute Gasteiger partial charge is 0.147 e. The first-order valence-electron chi connectivity index (χ1n) is 11.6. The van der Waals surface area contributed by atoms with Crippen molar-refractivity contribution in [2.45, 2.75) is 79.7 Å². The summed E-state index contributed by atoms with van der Waals surface area (Å²) in [7, 11) is 0. The number of hydrogen-bond acceptors (Lipinski definition) is 2. The highest BCUT2D eigenvalue weighted by Gasteiger charge is 2.28. The van der Waals surface area contributed by atoms with E-state index in [0.29, 0.717) is 6.04 Å². The van der Waals surface area contributed by atoms with E-state index in [2.05, 4.69) is 61.6 Å². The molecule has 0 atom stereocenters. The van der Waals surface area contributed by atoms with Gasteiger partial charge in [-0.3, -0.25) is 4.57 Å². The Morgan fingerprint density at radius 2 is 1.73 bits per heavy atom. The molecule has 0 bridgehead atoms. The Morgan fingerprint density at radius 3 is 2.37 bits per heavy atom. The van der Waals surface area contributed by atoms with Crippen molar-refractivity contribution in [1.82, 2.24) is 9.55 Å². The summed E-state index contributed by atoms with van der Waals surface area (Å²) < 4.78 is 2.20. The zero-order chi connectivity index (χ0) is 21.8. The van der Waals surface area contributed by atoms with Crippen LogP contribution in [0.15, 0.2) is 30.5 Å². The molecule has 2 aromatic heterocycles. The minimum atomic E-state index is 0.611. The third-order valence-electron chi connectivity index (χ3n) is 5.92. The van der Waals surface area contributed by atoms with Gasteiger partial charge in [0, 0.05) is 29.9 Å². The maximum atomic E-state index is 6.61. The highest BCUT2D eigenvalue weighted by molar-refractivity contribution is 6.32. The summed E-state index contributed by atoms with van der Waals surface area (Å²) in [6.45, 7) is 13.8. The Morgan fingerprint density at radius 1 is 1.03 bits per heavy atom. The van der Waals surface area contributed by atoms with E-state index in [9.17, 15) is 0 Å². The topological polar surface area (TPSA) is 21.1 Å². The van der Waals surface area contributed by atoms with Crippen molar-refractivity contribution in [3.63, 3.8) is 0 Å². The van der Waals surface area contributed by atoms with Crippen LogP contribution in [0.4, 0.5) is 5.69 Å². The molecule has 4 heteroatoms. The largest absolute Gasteiger partial charge is 0.368 e. The lowest BCUT2D eigenvalue weighted by Crippen LogP contribution is -2.38. The van der Waals surface area contributed by atoms with Gasteiger partial charge in [0.1, 0.15) is 5.65 Å². The molecule has 0 spiro atoms. The van der Waals surface area contributed by atoms with E-state index in [0.717, 1.165) is 35.0 Å². The molecule has 0 unspecified atom stereocenters. The number of aromatic nitrogens is 2. The van der Waals surface area contributed by atoms with E-state index in [1.807, 2.05) is 19.9 Å². The molecule has 1 aromatic carbocycles. The van der Waals surface area contributed by atoms with Gasteiger partial charge in [-0.1, -0.05) is 58.2 Å². The van der Waals surface area contributed by atoms with Gasteiger partial charge >= 0.3 is 0 Å². The zero-order valence-corrected chi connectivity index (χ0v) is 20.2. The van der Waals surface area contributed by atoms with Crippen molar-refractivity contribution in [2.24, 2.45) is 0 Å². The molecule has 4 rings (SSSR count). The predicted octanol–water partition coefficient (Wildman–Crippen LogP) is 7.65. The number of benzene rings is 1. The van der Waals surface area contributed by atoms with E-state index >= 15 is 0 Å². The van der Waals surface area contributed by atoms with Crippen LogP contribution in [0.1, 0.15) is 70.2 Å². The summed E-state index contributed by atoms with van der Waals surface area (Å²) in [4.78, 5) is 7.59. The molecule has 0 radical (unpaired) electrons. The van der Waals surface area contributed by atoms with Crippen molar-refractivity contribution in [1.29, 1.82) is 0 Å². The van der Waals surface area contributed by atoms with Gasteiger partial charge in [0.2, 0.25) is 0 Å². The lowest BCUT2D eigenvalue weighted by molar-refractivity contribution is 0.502. The van der Waals surface area contributed by atoms with Crippen molar-refractivity contribution in [2.75, 3.05) is 11.4 Å². The molecule has 162 valence electrons. The SMILES string of the molecule is CC.CCCC(CCC)N1CCc2cn(-c3ccc(C)cc3Cl)c3nc(C)cc1c23. The number of hydrogen-bond donors (Lipinski definition) is 0. The summed E-state index contributed by atoms with van der Waals surface area (Å²) in [6, 6.07) is 9.15. The molecule has 0 saturated carbocycles. The average molecular weight is 426 g/mol. The quantitative estimate of drug-likeness (QED) is 0.404. The average Bonchev–Trinajstić information content (AvgIpc) is 3.09. The van der Waals surface area contributed by atoms with Gasteiger partial charge in [-0.2, -0.15) is 0 Å². The molecule has 1 aliphatic heterocycles. The molecule has 3 heterocycles. The summed E-state index contributed by atoms with van der Waals surface area (Å²) in [5.74, 6) is 0. The predicted molar refractivity (Wildman–Crippen MR) is 132 cm³/mol. The van der Waals surface area contributed by atoms with E-state index < -0.39 is 0 Å².